The van der Waals surface area contributed by atoms with Gasteiger partial charge >= 0.3 is 0 Å². The Kier molecular flexibility index (Phi) is 3.27. The minimum Gasteiger partial charge on any atom is -0.331 e. The first-order valence-corrected chi connectivity index (χ1v) is 6.58. The Morgan fingerprint density at radius 2 is 1.84 bits per heavy atom. The summed E-state index contributed by atoms with van der Waals surface area (Å²) in [6.45, 7) is 0.668. The molecule has 1 amide bonds. The first kappa shape index (κ1) is 11.9. The van der Waals surface area contributed by atoms with Gasteiger partial charge in [0.25, 0.3) is 0 Å². The molecule has 0 spiro atoms. The highest BCUT2D eigenvalue weighted by atomic mass is 16.2. The summed E-state index contributed by atoms with van der Waals surface area (Å²) >= 11 is 0. The highest BCUT2D eigenvalue weighted by Gasteiger charge is 2.31. The highest BCUT2D eigenvalue weighted by Crippen LogP contribution is 2.33. The number of benzene rings is 1. The van der Waals surface area contributed by atoms with Crippen LogP contribution in [0.15, 0.2) is 54.9 Å². The molecule has 1 fully saturated rings. The van der Waals surface area contributed by atoms with E-state index in [1.165, 1.54) is 5.56 Å². The largest absolute Gasteiger partial charge is 0.331 e. The van der Waals surface area contributed by atoms with E-state index in [1.54, 1.807) is 12.4 Å². The lowest BCUT2D eigenvalue weighted by Gasteiger charge is -2.25. The Balaban J connectivity index is 1.83. The van der Waals surface area contributed by atoms with Gasteiger partial charge in [0.05, 0.1) is 6.04 Å². The number of carbonyl (C=O) groups is 1. The van der Waals surface area contributed by atoms with E-state index < -0.39 is 0 Å². The van der Waals surface area contributed by atoms with Crippen LogP contribution in [-0.2, 0) is 11.3 Å². The van der Waals surface area contributed by atoms with Gasteiger partial charge in [-0.2, -0.15) is 0 Å². The van der Waals surface area contributed by atoms with Crippen molar-refractivity contribution in [3.05, 3.63) is 66.0 Å². The van der Waals surface area contributed by atoms with E-state index >= 15 is 0 Å². The molecule has 2 heterocycles. The number of carbonyl (C=O) groups excluding carboxylic acids is 1. The average Bonchev–Trinajstić information content (AvgIpc) is 2.82. The Bertz CT molecular complexity index is 553. The Morgan fingerprint density at radius 1 is 1.11 bits per heavy atom. The molecule has 1 aliphatic rings. The minimum absolute atomic E-state index is 0.210. The van der Waals surface area contributed by atoms with Gasteiger partial charge in [-0.05, 0) is 29.7 Å². The quantitative estimate of drug-likeness (QED) is 0.841. The molecule has 1 aromatic heterocycles. The van der Waals surface area contributed by atoms with Gasteiger partial charge in [0, 0.05) is 25.4 Å². The molecule has 96 valence electrons. The van der Waals surface area contributed by atoms with E-state index in [1.807, 2.05) is 35.2 Å². The highest BCUT2D eigenvalue weighted by molar-refractivity contribution is 5.79. The molecule has 0 radical (unpaired) electrons. The minimum atomic E-state index is 0.210. The van der Waals surface area contributed by atoms with Crippen LogP contribution >= 0.6 is 0 Å². The Labute approximate surface area is 112 Å². The SMILES string of the molecule is O=C1CCC(c2ccccc2)N1Cc1ccncc1. The lowest BCUT2D eigenvalue weighted by Crippen LogP contribution is -2.27. The number of nitrogens with zero attached hydrogens (tertiary/aromatic N) is 2. The summed E-state index contributed by atoms with van der Waals surface area (Å²) in [5.74, 6) is 0.241. The van der Waals surface area contributed by atoms with E-state index in [-0.39, 0.29) is 11.9 Å². The summed E-state index contributed by atoms with van der Waals surface area (Å²) in [4.78, 5) is 18.1. The number of hydrogen-bond donors (Lipinski definition) is 0. The second kappa shape index (κ2) is 5.22. The standard InChI is InChI=1S/C16H16N2O/c19-16-7-6-15(14-4-2-1-3-5-14)18(16)12-13-8-10-17-11-9-13/h1-5,8-11,15H,6-7,12H2. The zero-order valence-electron chi connectivity index (χ0n) is 10.7. The molecule has 0 saturated carbocycles. The second-order valence-electron chi connectivity index (χ2n) is 4.84. The summed E-state index contributed by atoms with van der Waals surface area (Å²) < 4.78 is 0. The van der Waals surface area contributed by atoms with Crippen molar-refractivity contribution in [2.75, 3.05) is 0 Å². The maximum Gasteiger partial charge on any atom is 0.223 e. The van der Waals surface area contributed by atoms with E-state index in [9.17, 15) is 4.79 Å². The average molecular weight is 252 g/mol. The first-order valence-electron chi connectivity index (χ1n) is 6.58. The van der Waals surface area contributed by atoms with Gasteiger partial charge in [0.15, 0.2) is 0 Å². The third kappa shape index (κ3) is 2.50. The topological polar surface area (TPSA) is 33.2 Å². The van der Waals surface area contributed by atoms with Gasteiger partial charge in [0.1, 0.15) is 0 Å². The van der Waals surface area contributed by atoms with E-state index in [2.05, 4.69) is 17.1 Å². The van der Waals surface area contributed by atoms with Gasteiger partial charge in [-0.1, -0.05) is 30.3 Å². The summed E-state index contributed by atoms with van der Waals surface area (Å²) in [7, 11) is 0. The van der Waals surface area contributed by atoms with Crippen LogP contribution < -0.4 is 0 Å². The van der Waals surface area contributed by atoms with Crippen LogP contribution in [0.1, 0.15) is 30.0 Å². The zero-order chi connectivity index (χ0) is 13.1. The van der Waals surface area contributed by atoms with Crippen LogP contribution in [0.4, 0.5) is 0 Å². The van der Waals surface area contributed by atoms with Crippen LogP contribution in [0.2, 0.25) is 0 Å². The number of amides is 1. The molecule has 0 N–H and O–H groups in total. The van der Waals surface area contributed by atoms with Gasteiger partial charge in [-0.25, -0.2) is 0 Å². The van der Waals surface area contributed by atoms with Gasteiger partial charge in [0.2, 0.25) is 5.91 Å². The fourth-order valence-corrected chi connectivity index (χ4v) is 2.64. The second-order valence-corrected chi connectivity index (χ2v) is 4.84. The van der Waals surface area contributed by atoms with Crippen LogP contribution in [0.3, 0.4) is 0 Å². The predicted octanol–water partition coefficient (Wildman–Crippen LogP) is 2.95. The Hall–Kier alpha value is -2.16. The molecule has 1 aromatic carbocycles. The van der Waals surface area contributed by atoms with Crippen molar-refractivity contribution in [1.82, 2.24) is 9.88 Å². The molecule has 1 unspecified atom stereocenters. The molecule has 3 nitrogen and oxygen atoms in total. The summed E-state index contributed by atoms with van der Waals surface area (Å²) in [5.41, 5.74) is 2.36. The van der Waals surface area contributed by atoms with Crippen LogP contribution in [-0.4, -0.2) is 15.8 Å². The monoisotopic (exact) mass is 252 g/mol. The van der Waals surface area contributed by atoms with Crippen molar-refractivity contribution in [2.45, 2.75) is 25.4 Å². The number of pyridine rings is 1. The molecule has 1 aliphatic heterocycles. The number of hydrogen-bond acceptors (Lipinski definition) is 2. The van der Waals surface area contributed by atoms with E-state index in [4.69, 9.17) is 0 Å². The Morgan fingerprint density at radius 3 is 2.58 bits per heavy atom. The lowest BCUT2D eigenvalue weighted by molar-refractivity contribution is -0.129. The third-order valence-electron chi connectivity index (χ3n) is 3.61. The van der Waals surface area contributed by atoms with Crippen LogP contribution in [0.5, 0.6) is 0 Å². The molecule has 0 bridgehead atoms. The van der Waals surface area contributed by atoms with Gasteiger partial charge in [-0.15, -0.1) is 0 Å². The summed E-state index contributed by atoms with van der Waals surface area (Å²) in [6, 6.07) is 14.4. The molecule has 0 aliphatic carbocycles. The smallest absolute Gasteiger partial charge is 0.223 e. The maximum absolute atomic E-state index is 12.1. The number of rotatable bonds is 3. The van der Waals surface area contributed by atoms with E-state index in [0.717, 1.165) is 12.0 Å². The zero-order valence-corrected chi connectivity index (χ0v) is 10.7. The molecular weight excluding hydrogens is 236 g/mol. The first-order chi connectivity index (χ1) is 9.34. The number of aromatic nitrogens is 1. The molecular formula is C16H16N2O. The van der Waals surface area contributed by atoms with Crippen molar-refractivity contribution in [2.24, 2.45) is 0 Å². The van der Waals surface area contributed by atoms with E-state index in [0.29, 0.717) is 13.0 Å². The molecule has 3 rings (SSSR count). The fraction of sp³-hybridized carbons (Fsp3) is 0.250. The maximum atomic E-state index is 12.1. The fourth-order valence-electron chi connectivity index (χ4n) is 2.64. The van der Waals surface area contributed by atoms with Gasteiger partial charge in [-0.3, -0.25) is 9.78 Å². The third-order valence-corrected chi connectivity index (χ3v) is 3.61. The lowest BCUT2D eigenvalue weighted by atomic mass is 10.0. The normalized spacial score (nSPS) is 18.8. The van der Waals surface area contributed by atoms with Crippen LogP contribution in [0.25, 0.3) is 0 Å². The van der Waals surface area contributed by atoms with Crippen molar-refractivity contribution in [3.8, 4) is 0 Å². The van der Waals surface area contributed by atoms with Crippen molar-refractivity contribution < 1.29 is 4.79 Å². The van der Waals surface area contributed by atoms with Crippen molar-refractivity contribution in [3.63, 3.8) is 0 Å². The molecule has 19 heavy (non-hydrogen) atoms. The summed E-state index contributed by atoms with van der Waals surface area (Å²) in [5, 5.41) is 0. The molecule has 3 heteroatoms. The van der Waals surface area contributed by atoms with Gasteiger partial charge < -0.3 is 4.90 Å². The number of likely N-dealkylation sites (tertiary alicyclic amines) is 1. The summed E-state index contributed by atoms with van der Waals surface area (Å²) in [6.07, 6.45) is 5.10. The van der Waals surface area contributed by atoms with Crippen LogP contribution in [0, 0.1) is 0 Å². The molecule has 2 aromatic rings. The molecule has 1 saturated heterocycles. The van der Waals surface area contributed by atoms with Crippen molar-refractivity contribution in [1.29, 1.82) is 0 Å². The predicted molar refractivity (Wildman–Crippen MR) is 73.2 cm³/mol. The molecule has 1 atom stereocenters. The van der Waals surface area contributed by atoms with Crippen molar-refractivity contribution >= 4 is 5.91 Å².